The first-order valence-corrected chi connectivity index (χ1v) is 13.3. The minimum atomic E-state index is -2.36. The molecule has 1 saturated heterocycles. The summed E-state index contributed by atoms with van der Waals surface area (Å²) in [6.45, 7) is 0.843. The summed E-state index contributed by atoms with van der Waals surface area (Å²) in [7, 11) is 3.28. The van der Waals surface area contributed by atoms with Gasteiger partial charge in [-0.3, -0.25) is 4.90 Å². The van der Waals surface area contributed by atoms with E-state index in [4.69, 9.17) is 21.1 Å². The highest BCUT2D eigenvalue weighted by Crippen LogP contribution is 2.68. The lowest BCUT2D eigenvalue weighted by atomic mass is 9.72. The molecule has 2 aliphatic heterocycles. The molecule has 7 rings (SSSR count). The molecule has 2 aromatic carbocycles. The maximum absolute atomic E-state index is 12.4. The second kappa shape index (κ2) is 8.88. The van der Waals surface area contributed by atoms with Crippen molar-refractivity contribution in [2.24, 2.45) is 0 Å². The number of nitriles is 1. The number of aliphatic hydroxyl groups is 1. The van der Waals surface area contributed by atoms with Gasteiger partial charge in [0.05, 0.1) is 29.8 Å². The van der Waals surface area contributed by atoms with Crippen LogP contribution in [0.1, 0.15) is 53.9 Å². The quantitative estimate of drug-likeness (QED) is 0.417. The van der Waals surface area contributed by atoms with E-state index in [1.165, 1.54) is 7.11 Å². The first-order chi connectivity index (χ1) is 18.6. The van der Waals surface area contributed by atoms with Gasteiger partial charge < -0.3 is 14.6 Å². The zero-order valence-corrected chi connectivity index (χ0v) is 22.4. The van der Waals surface area contributed by atoms with Crippen molar-refractivity contribution in [1.29, 1.82) is 5.26 Å². The van der Waals surface area contributed by atoms with Crippen molar-refractivity contribution in [2.75, 3.05) is 20.7 Å². The molecule has 9 heteroatoms. The number of halogens is 3. The Balaban J connectivity index is 0.000000258. The summed E-state index contributed by atoms with van der Waals surface area (Å²) in [6, 6.07) is 21.0. The molecule has 3 heterocycles. The second-order valence-corrected chi connectivity index (χ2v) is 11.2. The molecule has 3 fully saturated rings. The Labute approximate surface area is 230 Å². The molecule has 2 saturated carbocycles. The van der Waals surface area contributed by atoms with Crippen LogP contribution >= 0.6 is 11.6 Å². The summed E-state index contributed by atoms with van der Waals surface area (Å²) < 4.78 is 37.0. The molecule has 6 nitrogen and oxygen atoms in total. The fourth-order valence-corrected chi connectivity index (χ4v) is 6.92. The maximum atomic E-state index is 12.4. The third-order valence-electron chi connectivity index (χ3n) is 9.00. The van der Waals surface area contributed by atoms with Gasteiger partial charge in [0.2, 0.25) is 5.88 Å². The molecular weight excluding hydrogens is 524 g/mol. The number of aromatic nitrogens is 1. The number of fused-ring (bicyclic) bond motifs is 3. The van der Waals surface area contributed by atoms with Gasteiger partial charge in [-0.15, -0.1) is 0 Å². The Kier molecular flexibility index (Phi) is 5.92. The van der Waals surface area contributed by atoms with Crippen molar-refractivity contribution in [3.05, 3.63) is 88.1 Å². The maximum Gasteiger partial charge on any atom is 0.268 e. The van der Waals surface area contributed by atoms with Crippen molar-refractivity contribution in [2.45, 2.75) is 54.3 Å². The van der Waals surface area contributed by atoms with Crippen LogP contribution in [0.2, 0.25) is 5.15 Å². The number of benzene rings is 2. The highest BCUT2D eigenvalue weighted by atomic mass is 35.5. The molecule has 39 heavy (non-hydrogen) atoms. The number of hydrogen-bond donors (Lipinski definition) is 1. The number of likely N-dealkylation sites (tertiary alicyclic amines) is 1. The first-order valence-electron chi connectivity index (χ1n) is 12.9. The van der Waals surface area contributed by atoms with E-state index in [1.807, 2.05) is 30.3 Å². The summed E-state index contributed by atoms with van der Waals surface area (Å²) in [5.41, 5.74) is -0.187. The number of rotatable bonds is 3. The van der Waals surface area contributed by atoms with Crippen LogP contribution < -0.4 is 9.47 Å². The van der Waals surface area contributed by atoms with Gasteiger partial charge in [-0.2, -0.15) is 5.26 Å². The van der Waals surface area contributed by atoms with Crippen molar-refractivity contribution in [1.82, 2.24) is 9.88 Å². The fourth-order valence-electron chi connectivity index (χ4n) is 6.74. The molecule has 202 valence electrons. The van der Waals surface area contributed by atoms with Gasteiger partial charge >= 0.3 is 0 Å². The van der Waals surface area contributed by atoms with Crippen LogP contribution in [0.5, 0.6) is 11.6 Å². The Bertz CT molecular complexity index is 1460. The molecule has 1 spiro atoms. The third-order valence-corrected chi connectivity index (χ3v) is 9.20. The molecule has 0 bridgehead atoms. The van der Waals surface area contributed by atoms with E-state index in [0.717, 1.165) is 17.7 Å². The molecule has 1 N–H and O–H groups in total. The van der Waals surface area contributed by atoms with Crippen LogP contribution in [-0.4, -0.2) is 47.2 Å². The molecule has 1 aromatic heterocycles. The lowest BCUT2D eigenvalue weighted by Crippen LogP contribution is -2.50. The lowest BCUT2D eigenvalue weighted by Gasteiger charge is -2.40. The van der Waals surface area contributed by atoms with E-state index in [0.29, 0.717) is 36.1 Å². The standard InChI is InChI=1S/C24H19ClN2O3.C6H9F2N/c1-29-22-21-19(13-20(25)27-22)30-24(17-9-7-15(14-26)8-10-17)18(11-12-23(21,24)28)16-5-3-2-4-6-16;1-9-3-2-5(9)4-6(5,7)8/h2-10,13,18,28H,11-12H2,1H3;2-4H2,1H3. The highest BCUT2D eigenvalue weighted by Gasteiger charge is 2.76. The van der Waals surface area contributed by atoms with E-state index in [1.54, 1.807) is 30.1 Å². The van der Waals surface area contributed by atoms with E-state index in [2.05, 4.69) is 23.2 Å². The Morgan fingerprint density at radius 1 is 1.15 bits per heavy atom. The molecule has 4 aliphatic rings. The predicted octanol–water partition coefficient (Wildman–Crippen LogP) is 5.77. The first kappa shape index (κ1) is 26.0. The van der Waals surface area contributed by atoms with E-state index >= 15 is 0 Å². The normalized spacial score (nSPS) is 31.2. The molecule has 3 aromatic rings. The molecule has 0 radical (unpaired) electrons. The van der Waals surface area contributed by atoms with Gasteiger partial charge in [-0.25, -0.2) is 13.8 Å². The molecule has 0 amide bonds. The number of ether oxygens (including phenoxy) is 2. The summed E-state index contributed by atoms with van der Waals surface area (Å²) >= 11 is 6.20. The van der Waals surface area contributed by atoms with Gasteiger partial charge in [-0.1, -0.05) is 54.1 Å². The minimum absolute atomic E-state index is 0.0938. The second-order valence-electron chi connectivity index (χ2n) is 10.8. The summed E-state index contributed by atoms with van der Waals surface area (Å²) in [5, 5.41) is 21.7. The van der Waals surface area contributed by atoms with Gasteiger partial charge in [-0.05, 0) is 49.6 Å². The Hall–Kier alpha value is -3.25. The van der Waals surface area contributed by atoms with Crippen LogP contribution in [0.4, 0.5) is 8.78 Å². The minimum Gasteiger partial charge on any atom is -0.481 e. The van der Waals surface area contributed by atoms with Crippen LogP contribution in [0, 0.1) is 11.3 Å². The van der Waals surface area contributed by atoms with Gasteiger partial charge in [0.1, 0.15) is 16.5 Å². The SMILES string of the molecule is CN1CCC12CC2(F)F.COc1nc(Cl)cc2c1C1(O)CCC(c3ccccc3)C1(c1ccc(C#N)cc1)O2. The number of pyridine rings is 1. The number of alkyl halides is 2. The number of hydrogen-bond acceptors (Lipinski definition) is 6. The van der Waals surface area contributed by atoms with Gasteiger partial charge in [0.15, 0.2) is 5.60 Å². The van der Waals surface area contributed by atoms with Crippen molar-refractivity contribution in [3.63, 3.8) is 0 Å². The van der Waals surface area contributed by atoms with Crippen molar-refractivity contribution < 1.29 is 23.4 Å². The average molecular weight is 552 g/mol. The molecule has 2 aliphatic carbocycles. The number of methoxy groups -OCH3 is 1. The fraction of sp³-hybridized carbons (Fsp3) is 0.400. The topological polar surface area (TPSA) is 78.6 Å². The zero-order chi connectivity index (χ0) is 27.6. The molecule has 4 atom stereocenters. The van der Waals surface area contributed by atoms with Crippen LogP contribution in [0.15, 0.2) is 60.7 Å². The van der Waals surface area contributed by atoms with Crippen molar-refractivity contribution in [3.8, 4) is 17.7 Å². The summed E-state index contributed by atoms with van der Waals surface area (Å²) in [4.78, 5) is 6.04. The smallest absolute Gasteiger partial charge is 0.268 e. The summed E-state index contributed by atoms with van der Waals surface area (Å²) in [6.07, 6.45) is 1.97. The van der Waals surface area contributed by atoms with E-state index < -0.39 is 22.7 Å². The lowest BCUT2D eigenvalue weighted by molar-refractivity contribution is -0.106. The van der Waals surface area contributed by atoms with Crippen LogP contribution in [0.3, 0.4) is 0 Å². The van der Waals surface area contributed by atoms with E-state index in [-0.39, 0.29) is 23.4 Å². The predicted molar refractivity (Wildman–Crippen MR) is 141 cm³/mol. The zero-order valence-electron chi connectivity index (χ0n) is 21.6. The van der Waals surface area contributed by atoms with Gasteiger partial charge in [0, 0.05) is 24.9 Å². The molecule has 4 unspecified atom stereocenters. The van der Waals surface area contributed by atoms with E-state index in [9.17, 15) is 19.1 Å². The van der Waals surface area contributed by atoms with Crippen LogP contribution in [-0.2, 0) is 11.2 Å². The Morgan fingerprint density at radius 3 is 2.36 bits per heavy atom. The molecular formula is C30H28ClF2N3O3. The van der Waals surface area contributed by atoms with Crippen LogP contribution in [0.25, 0.3) is 0 Å². The summed E-state index contributed by atoms with van der Waals surface area (Å²) in [5.74, 6) is -1.74. The third kappa shape index (κ3) is 3.60. The largest absolute Gasteiger partial charge is 0.481 e. The van der Waals surface area contributed by atoms with Gasteiger partial charge in [0.25, 0.3) is 5.92 Å². The average Bonchev–Trinajstić information content (AvgIpc) is 3.32. The Morgan fingerprint density at radius 2 is 1.85 bits per heavy atom. The monoisotopic (exact) mass is 551 g/mol. The van der Waals surface area contributed by atoms with Crippen molar-refractivity contribution >= 4 is 11.6 Å². The highest BCUT2D eigenvalue weighted by molar-refractivity contribution is 6.29. The number of nitrogens with zero attached hydrogens (tertiary/aromatic N) is 3.